The molecule has 3 heterocycles. The molecule has 1 amide bonds. The number of nitrogens with one attached hydrogen (secondary N) is 1. The van der Waals surface area contributed by atoms with Crippen molar-refractivity contribution in [3.8, 4) is 5.19 Å². The standard InChI is InChI=1S/C23H32F2N4O2S2/c1-15-13-32-21(26-15)11-20(30)27-17-5-3-16(4-6-17)7-9-29-10-8-19-18(12-29)28-22(33-19)31-14-23(2,24)25/h13,16-17H,3-12,14H2,1-2H3,(H,27,30). The first kappa shape index (κ1) is 24.5. The van der Waals surface area contributed by atoms with Gasteiger partial charge in [0.05, 0.1) is 12.1 Å². The Hall–Kier alpha value is -1.65. The van der Waals surface area contributed by atoms with E-state index >= 15 is 0 Å². The van der Waals surface area contributed by atoms with Crippen LogP contribution in [0.4, 0.5) is 8.78 Å². The Bertz CT molecular complexity index is 935. The molecule has 2 aliphatic rings. The van der Waals surface area contributed by atoms with Gasteiger partial charge in [-0.05, 0) is 57.9 Å². The molecule has 1 fully saturated rings. The van der Waals surface area contributed by atoms with Crippen molar-refractivity contribution in [2.45, 2.75) is 77.3 Å². The van der Waals surface area contributed by atoms with Gasteiger partial charge in [-0.3, -0.25) is 9.69 Å². The summed E-state index contributed by atoms with van der Waals surface area (Å²) in [5.74, 6) is -2.09. The first-order valence-corrected chi connectivity index (χ1v) is 13.3. The Kier molecular flexibility index (Phi) is 7.96. The molecule has 0 saturated heterocycles. The maximum absolute atomic E-state index is 13.0. The van der Waals surface area contributed by atoms with Crippen LogP contribution in [0.5, 0.6) is 5.19 Å². The van der Waals surface area contributed by atoms with E-state index < -0.39 is 12.5 Å². The Morgan fingerprint density at radius 1 is 1.30 bits per heavy atom. The molecule has 0 atom stereocenters. The normalized spacial score (nSPS) is 21.6. The molecule has 1 N–H and O–H groups in total. The molecular weight excluding hydrogens is 466 g/mol. The number of carbonyl (C=O) groups excluding carboxylic acids is 1. The lowest BCUT2D eigenvalue weighted by atomic mass is 9.84. The first-order valence-electron chi connectivity index (χ1n) is 11.7. The van der Waals surface area contributed by atoms with Crippen molar-refractivity contribution in [1.29, 1.82) is 0 Å². The maximum Gasteiger partial charge on any atom is 0.278 e. The zero-order valence-corrected chi connectivity index (χ0v) is 20.9. The molecule has 10 heteroatoms. The van der Waals surface area contributed by atoms with E-state index in [2.05, 4.69) is 20.2 Å². The van der Waals surface area contributed by atoms with Crippen LogP contribution in [0.2, 0.25) is 0 Å². The number of ether oxygens (including phenoxy) is 1. The molecule has 33 heavy (non-hydrogen) atoms. The fourth-order valence-electron chi connectivity index (χ4n) is 4.53. The predicted octanol–water partition coefficient (Wildman–Crippen LogP) is 4.61. The van der Waals surface area contributed by atoms with Gasteiger partial charge in [0.2, 0.25) is 5.91 Å². The van der Waals surface area contributed by atoms with Gasteiger partial charge >= 0.3 is 0 Å². The van der Waals surface area contributed by atoms with Crippen LogP contribution in [0, 0.1) is 12.8 Å². The average Bonchev–Trinajstić information content (AvgIpc) is 3.36. The number of aryl methyl sites for hydroxylation is 1. The van der Waals surface area contributed by atoms with E-state index in [0.717, 1.165) is 86.4 Å². The summed E-state index contributed by atoms with van der Waals surface area (Å²) >= 11 is 2.94. The van der Waals surface area contributed by atoms with E-state index in [9.17, 15) is 13.6 Å². The smallest absolute Gasteiger partial charge is 0.278 e. The van der Waals surface area contributed by atoms with Crippen molar-refractivity contribution in [3.05, 3.63) is 26.7 Å². The summed E-state index contributed by atoms with van der Waals surface area (Å²) < 4.78 is 31.2. The Morgan fingerprint density at radius 3 is 2.79 bits per heavy atom. The second kappa shape index (κ2) is 10.7. The lowest BCUT2D eigenvalue weighted by Gasteiger charge is -2.32. The van der Waals surface area contributed by atoms with Gasteiger partial charge in [0, 0.05) is 42.0 Å². The minimum Gasteiger partial charge on any atom is -0.464 e. The highest BCUT2D eigenvalue weighted by Crippen LogP contribution is 2.32. The molecule has 1 aliphatic carbocycles. The fourth-order valence-corrected chi connectivity index (χ4v) is 6.21. The van der Waals surface area contributed by atoms with Crippen LogP contribution in [-0.2, 0) is 24.2 Å². The number of amides is 1. The van der Waals surface area contributed by atoms with Crippen LogP contribution in [0.25, 0.3) is 0 Å². The van der Waals surface area contributed by atoms with E-state index in [1.54, 1.807) is 11.3 Å². The average molecular weight is 499 g/mol. The highest BCUT2D eigenvalue weighted by Gasteiger charge is 2.27. The largest absolute Gasteiger partial charge is 0.464 e. The number of thiazole rings is 2. The molecule has 0 bridgehead atoms. The van der Waals surface area contributed by atoms with Crippen LogP contribution in [0.3, 0.4) is 0 Å². The van der Waals surface area contributed by atoms with Crippen molar-refractivity contribution >= 4 is 28.6 Å². The minimum absolute atomic E-state index is 0.0752. The zero-order valence-electron chi connectivity index (χ0n) is 19.2. The van der Waals surface area contributed by atoms with Gasteiger partial charge in [-0.2, -0.15) is 0 Å². The van der Waals surface area contributed by atoms with Crippen LogP contribution in [-0.4, -0.2) is 52.4 Å². The van der Waals surface area contributed by atoms with Crippen molar-refractivity contribution in [2.75, 3.05) is 19.7 Å². The molecule has 0 aromatic carbocycles. The quantitative estimate of drug-likeness (QED) is 0.547. The van der Waals surface area contributed by atoms with Crippen LogP contribution in [0.15, 0.2) is 5.38 Å². The van der Waals surface area contributed by atoms with Crippen molar-refractivity contribution < 1.29 is 18.3 Å². The molecule has 182 valence electrons. The number of halogens is 2. The molecule has 0 unspecified atom stereocenters. The number of fused-ring (bicyclic) bond motifs is 1. The second-order valence-corrected chi connectivity index (χ2v) is 11.4. The van der Waals surface area contributed by atoms with Gasteiger partial charge in [0.15, 0.2) is 6.61 Å². The van der Waals surface area contributed by atoms with E-state index in [0.29, 0.717) is 17.5 Å². The minimum atomic E-state index is -2.85. The summed E-state index contributed by atoms with van der Waals surface area (Å²) in [4.78, 5) is 24.7. The van der Waals surface area contributed by atoms with E-state index in [1.165, 1.54) is 11.3 Å². The molecule has 6 nitrogen and oxygen atoms in total. The predicted molar refractivity (Wildman–Crippen MR) is 126 cm³/mol. The Morgan fingerprint density at radius 2 is 2.09 bits per heavy atom. The Labute approximate surface area is 201 Å². The summed E-state index contributed by atoms with van der Waals surface area (Å²) in [5, 5.41) is 6.40. The lowest BCUT2D eigenvalue weighted by Crippen LogP contribution is -2.39. The molecule has 1 saturated carbocycles. The second-order valence-electron chi connectivity index (χ2n) is 9.37. The van der Waals surface area contributed by atoms with Crippen LogP contribution < -0.4 is 10.1 Å². The molecule has 2 aromatic rings. The first-order chi connectivity index (χ1) is 15.7. The number of rotatable bonds is 9. The van der Waals surface area contributed by atoms with Crippen molar-refractivity contribution in [2.24, 2.45) is 5.92 Å². The molecule has 4 rings (SSSR count). The third-order valence-corrected chi connectivity index (χ3v) is 8.32. The third kappa shape index (κ3) is 7.42. The summed E-state index contributed by atoms with van der Waals surface area (Å²) in [6, 6.07) is 0.274. The molecule has 1 aliphatic heterocycles. The van der Waals surface area contributed by atoms with Crippen molar-refractivity contribution in [3.63, 3.8) is 0 Å². The van der Waals surface area contributed by atoms with Gasteiger partial charge < -0.3 is 10.1 Å². The Balaban J connectivity index is 1.15. The number of hydrogen-bond donors (Lipinski definition) is 1. The fraction of sp³-hybridized carbons (Fsp3) is 0.696. The van der Waals surface area contributed by atoms with Crippen molar-refractivity contribution in [1.82, 2.24) is 20.2 Å². The number of aromatic nitrogens is 2. The van der Waals surface area contributed by atoms with Gasteiger partial charge in [0.1, 0.15) is 5.01 Å². The van der Waals surface area contributed by atoms with Gasteiger partial charge in [-0.1, -0.05) is 11.3 Å². The van der Waals surface area contributed by atoms with Gasteiger partial charge in [-0.15, -0.1) is 11.3 Å². The topological polar surface area (TPSA) is 67.4 Å². The summed E-state index contributed by atoms with van der Waals surface area (Å²) in [7, 11) is 0. The van der Waals surface area contributed by atoms with Gasteiger partial charge in [-0.25, -0.2) is 18.7 Å². The van der Waals surface area contributed by atoms with Gasteiger partial charge in [0.25, 0.3) is 11.1 Å². The monoisotopic (exact) mass is 498 g/mol. The highest BCUT2D eigenvalue weighted by atomic mass is 32.1. The third-order valence-electron chi connectivity index (χ3n) is 6.28. The SMILES string of the molecule is Cc1csc(CC(=O)NC2CCC(CCN3CCc4sc(OCC(C)(F)F)nc4C3)CC2)n1. The number of nitrogens with zero attached hydrogens (tertiary/aromatic N) is 3. The lowest BCUT2D eigenvalue weighted by molar-refractivity contribution is -0.121. The molecule has 0 radical (unpaired) electrons. The summed E-state index contributed by atoms with van der Waals surface area (Å²) in [6.07, 6.45) is 6.76. The number of hydrogen-bond acceptors (Lipinski definition) is 7. The highest BCUT2D eigenvalue weighted by molar-refractivity contribution is 7.13. The van der Waals surface area contributed by atoms with Crippen LogP contribution in [0.1, 0.15) is 60.3 Å². The van der Waals surface area contributed by atoms with Crippen LogP contribution >= 0.6 is 22.7 Å². The maximum atomic E-state index is 13.0. The number of alkyl halides is 2. The summed E-state index contributed by atoms with van der Waals surface area (Å²) in [6.45, 7) is 4.93. The van der Waals surface area contributed by atoms with E-state index in [4.69, 9.17) is 4.74 Å². The number of carbonyl (C=O) groups is 1. The van der Waals surface area contributed by atoms with E-state index in [-0.39, 0.29) is 11.9 Å². The van der Waals surface area contributed by atoms with E-state index in [1.807, 2.05) is 12.3 Å². The molecule has 2 aromatic heterocycles. The molecular formula is C23H32F2N4O2S2. The zero-order chi connectivity index (χ0) is 23.4. The summed E-state index contributed by atoms with van der Waals surface area (Å²) in [5.41, 5.74) is 1.94. The molecule has 0 spiro atoms.